The largest absolute Gasteiger partial charge is 0.369 e. The molecule has 0 unspecified atom stereocenters. The number of nitrogens with zero attached hydrogens (tertiary/aromatic N) is 2. The lowest BCUT2D eigenvalue weighted by Gasteiger charge is -2.05. The van der Waals surface area contributed by atoms with Crippen LogP contribution in [0.25, 0.3) is 11.3 Å². The Morgan fingerprint density at radius 3 is 2.43 bits per heavy atom. The molecule has 0 atom stereocenters. The molecule has 10 heteroatoms. The fourth-order valence-corrected chi connectivity index (χ4v) is 4.08. The molecule has 0 fully saturated rings. The van der Waals surface area contributed by atoms with Crippen LogP contribution < -0.4 is 11.1 Å². The van der Waals surface area contributed by atoms with Gasteiger partial charge in [0.05, 0.1) is 10.7 Å². The number of hydrogen-bond donors (Lipinski definition) is 2. The van der Waals surface area contributed by atoms with Crippen molar-refractivity contribution in [3.63, 3.8) is 0 Å². The van der Waals surface area contributed by atoms with Gasteiger partial charge in [0.2, 0.25) is 5.91 Å². The van der Waals surface area contributed by atoms with E-state index < -0.39 is 16.7 Å². The zero-order valence-electron chi connectivity index (χ0n) is 14.3. The lowest BCUT2D eigenvalue weighted by molar-refractivity contribution is -0.384. The SMILES string of the molecule is NC(=O)CSc1nc(-c2ccccc2)c(NC(=O)c2ccc([N+](=O)[O-])cc2)s1. The molecule has 3 aromatic rings. The molecule has 0 aliphatic carbocycles. The van der Waals surface area contributed by atoms with Gasteiger partial charge in [0.1, 0.15) is 10.7 Å². The summed E-state index contributed by atoms with van der Waals surface area (Å²) in [6.07, 6.45) is 0. The summed E-state index contributed by atoms with van der Waals surface area (Å²) in [5.41, 5.74) is 6.76. The summed E-state index contributed by atoms with van der Waals surface area (Å²) in [4.78, 5) is 38.3. The molecule has 8 nitrogen and oxygen atoms in total. The van der Waals surface area contributed by atoms with E-state index >= 15 is 0 Å². The lowest BCUT2D eigenvalue weighted by atomic mass is 10.1. The van der Waals surface area contributed by atoms with Gasteiger partial charge < -0.3 is 11.1 Å². The predicted octanol–water partition coefficient (Wildman–Crippen LogP) is 3.55. The number of primary amides is 1. The normalized spacial score (nSPS) is 10.4. The summed E-state index contributed by atoms with van der Waals surface area (Å²) < 4.78 is 0.594. The van der Waals surface area contributed by atoms with Crippen molar-refractivity contribution in [1.29, 1.82) is 0 Å². The van der Waals surface area contributed by atoms with Crippen molar-refractivity contribution in [2.75, 3.05) is 11.1 Å². The zero-order valence-corrected chi connectivity index (χ0v) is 16.0. The van der Waals surface area contributed by atoms with Crippen molar-refractivity contribution in [2.24, 2.45) is 5.73 Å². The summed E-state index contributed by atoms with van der Waals surface area (Å²) in [5.74, 6) is -0.794. The number of anilines is 1. The third kappa shape index (κ3) is 4.72. The smallest absolute Gasteiger partial charge is 0.269 e. The average molecular weight is 414 g/mol. The number of amides is 2. The number of non-ortho nitro benzene ring substituents is 1. The maximum absolute atomic E-state index is 12.6. The van der Waals surface area contributed by atoms with Crippen LogP contribution in [0.1, 0.15) is 10.4 Å². The van der Waals surface area contributed by atoms with E-state index in [-0.39, 0.29) is 17.0 Å². The molecule has 1 heterocycles. The molecule has 2 aromatic carbocycles. The molecule has 28 heavy (non-hydrogen) atoms. The van der Waals surface area contributed by atoms with Gasteiger partial charge in [-0.2, -0.15) is 0 Å². The molecule has 0 bridgehead atoms. The van der Waals surface area contributed by atoms with E-state index in [1.165, 1.54) is 47.4 Å². The van der Waals surface area contributed by atoms with E-state index in [1.807, 2.05) is 30.3 Å². The van der Waals surface area contributed by atoms with Crippen LogP contribution >= 0.6 is 23.1 Å². The van der Waals surface area contributed by atoms with Crippen molar-refractivity contribution in [1.82, 2.24) is 4.98 Å². The van der Waals surface area contributed by atoms with E-state index in [9.17, 15) is 19.7 Å². The van der Waals surface area contributed by atoms with Crippen molar-refractivity contribution >= 4 is 45.6 Å². The summed E-state index contributed by atoms with van der Waals surface area (Å²) in [6, 6.07) is 14.6. The molecule has 0 saturated heterocycles. The summed E-state index contributed by atoms with van der Waals surface area (Å²) in [7, 11) is 0. The minimum Gasteiger partial charge on any atom is -0.369 e. The molecule has 0 radical (unpaired) electrons. The van der Waals surface area contributed by atoms with Gasteiger partial charge in [0.15, 0.2) is 4.34 Å². The Bertz CT molecular complexity index is 1020. The van der Waals surface area contributed by atoms with E-state index in [4.69, 9.17) is 5.73 Å². The Balaban J connectivity index is 1.87. The van der Waals surface area contributed by atoms with Crippen LogP contribution in [0, 0.1) is 10.1 Å². The Morgan fingerprint density at radius 2 is 1.82 bits per heavy atom. The van der Waals surface area contributed by atoms with Gasteiger partial charge in [-0.15, -0.1) is 0 Å². The number of nitrogens with two attached hydrogens (primary N) is 1. The van der Waals surface area contributed by atoms with E-state index in [0.717, 1.165) is 5.56 Å². The first-order valence-corrected chi connectivity index (χ1v) is 9.77. The summed E-state index contributed by atoms with van der Waals surface area (Å²) in [6.45, 7) is 0. The molecule has 142 valence electrons. The summed E-state index contributed by atoms with van der Waals surface area (Å²) >= 11 is 2.42. The first-order valence-electron chi connectivity index (χ1n) is 7.97. The molecule has 1 aromatic heterocycles. The number of hydrogen-bond acceptors (Lipinski definition) is 7. The number of benzene rings is 2. The Kier molecular flexibility index (Phi) is 6.02. The predicted molar refractivity (Wildman–Crippen MR) is 109 cm³/mol. The third-order valence-electron chi connectivity index (χ3n) is 3.56. The Labute approximate surface area is 167 Å². The molecule has 0 spiro atoms. The number of carbonyl (C=O) groups is 2. The molecule has 0 aliphatic heterocycles. The Hall–Kier alpha value is -3.24. The number of aromatic nitrogens is 1. The van der Waals surface area contributed by atoms with E-state index in [0.29, 0.717) is 15.0 Å². The number of rotatable bonds is 7. The fourth-order valence-electron chi connectivity index (χ4n) is 2.28. The van der Waals surface area contributed by atoms with Gasteiger partial charge in [-0.05, 0) is 12.1 Å². The third-order valence-corrected chi connectivity index (χ3v) is 5.70. The van der Waals surface area contributed by atoms with Crippen molar-refractivity contribution in [3.05, 3.63) is 70.3 Å². The van der Waals surface area contributed by atoms with Gasteiger partial charge in [-0.3, -0.25) is 19.7 Å². The fraction of sp³-hybridized carbons (Fsp3) is 0.0556. The van der Waals surface area contributed by atoms with Crippen LogP contribution in [0.2, 0.25) is 0 Å². The van der Waals surface area contributed by atoms with E-state index in [2.05, 4.69) is 10.3 Å². The highest BCUT2D eigenvalue weighted by Gasteiger charge is 2.18. The molecule has 0 saturated carbocycles. The van der Waals surface area contributed by atoms with Crippen LogP contribution in [-0.2, 0) is 4.79 Å². The standard InChI is InChI=1S/C18H14N4O4S2/c19-14(23)10-27-18-20-15(11-4-2-1-3-5-11)17(28-18)21-16(24)12-6-8-13(9-7-12)22(25)26/h1-9H,10H2,(H2,19,23)(H,21,24). The van der Waals surface area contributed by atoms with Crippen molar-refractivity contribution in [3.8, 4) is 11.3 Å². The Morgan fingerprint density at radius 1 is 1.14 bits per heavy atom. The van der Waals surface area contributed by atoms with Gasteiger partial charge >= 0.3 is 0 Å². The number of thiazole rings is 1. The van der Waals surface area contributed by atoms with Gasteiger partial charge in [0.25, 0.3) is 11.6 Å². The first kappa shape index (κ1) is 19.5. The maximum atomic E-state index is 12.6. The molecule has 3 rings (SSSR count). The topological polar surface area (TPSA) is 128 Å². The van der Waals surface area contributed by atoms with Crippen molar-refractivity contribution in [2.45, 2.75) is 4.34 Å². The molecule has 0 aliphatic rings. The minimum atomic E-state index is -0.527. The molecular weight excluding hydrogens is 400 g/mol. The van der Waals surface area contributed by atoms with Crippen molar-refractivity contribution < 1.29 is 14.5 Å². The maximum Gasteiger partial charge on any atom is 0.269 e. The highest BCUT2D eigenvalue weighted by Crippen LogP contribution is 2.37. The zero-order chi connectivity index (χ0) is 20.1. The molecule has 3 N–H and O–H groups in total. The minimum absolute atomic E-state index is 0.0808. The second-order valence-electron chi connectivity index (χ2n) is 5.54. The van der Waals surface area contributed by atoms with Crippen LogP contribution in [-0.4, -0.2) is 27.5 Å². The molecular formula is C18H14N4O4S2. The summed E-state index contributed by atoms with van der Waals surface area (Å²) in [5, 5.41) is 14.1. The highest BCUT2D eigenvalue weighted by atomic mass is 32.2. The monoisotopic (exact) mass is 414 g/mol. The number of nitro benzene ring substituents is 1. The second-order valence-corrected chi connectivity index (χ2v) is 7.76. The van der Waals surface area contributed by atoms with Crippen LogP contribution in [0.15, 0.2) is 58.9 Å². The first-order chi connectivity index (χ1) is 13.4. The van der Waals surface area contributed by atoms with Gasteiger partial charge in [-0.25, -0.2) is 4.98 Å². The number of nitrogens with one attached hydrogen (secondary N) is 1. The second kappa shape index (κ2) is 8.63. The average Bonchev–Trinajstić information content (AvgIpc) is 3.09. The lowest BCUT2D eigenvalue weighted by Crippen LogP contribution is -2.12. The van der Waals surface area contributed by atoms with Crippen LogP contribution in [0.3, 0.4) is 0 Å². The number of nitro groups is 1. The number of carbonyl (C=O) groups excluding carboxylic acids is 2. The number of thioether (sulfide) groups is 1. The van der Waals surface area contributed by atoms with Crippen LogP contribution in [0.4, 0.5) is 10.7 Å². The molecule has 2 amide bonds. The highest BCUT2D eigenvalue weighted by molar-refractivity contribution is 8.01. The van der Waals surface area contributed by atoms with Crippen LogP contribution in [0.5, 0.6) is 0 Å². The van der Waals surface area contributed by atoms with Gasteiger partial charge in [0, 0.05) is 23.3 Å². The quantitative estimate of drug-likeness (QED) is 0.346. The van der Waals surface area contributed by atoms with Gasteiger partial charge in [-0.1, -0.05) is 53.4 Å². The van der Waals surface area contributed by atoms with E-state index in [1.54, 1.807) is 0 Å².